The van der Waals surface area contributed by atoms with Crippen molar-refractivity contribution in [2.24, 2.45) is 0 Å². The Bertz CT molecular complexity index is 458. The van der Waals surface area contributed by atoms with Crippen molar-refractivity contribution in [3.63, 3.8) is 0 Å². The van der Waals surface area contributed by atoms with Crippen LogP contribution in [0.1, 0.15) is 51.0 Å². The molecule has 1 aromatic carbocycles. The molecular weight excluding hydrogens is 278 g/mol. The molecule has 1 aromatic rings. The summed E-state index contributed by atoms with van der Waals surface area (Å²) < 4.78 is 5.84. The second-order valence-corrected chi connectivity index (χ2v) is 6.08. The Morgan fingerprint density at radius 3 is 2.59 bits per heavy atom. The Morgan fingerprint density at radius 1 is 1.23 bits per heavy atom. The van der Waals surface area contributed by atoms with Crippen LogP contribution in [0.4, 0.5) is 0 Å². The maximum absolute atomic E-state index is 10.9. The molecule has 22 heavy (non-hydrogen) atoms. The molecule has 1 saturated heterocycles. The van der Waals surface area contributed by atoms with Gasteiger partial charge in [0.05, 0.1) is 0 Å². The van der Waals surface area contributed by atoms with Gasteiger partial charge in [-0.2, -0.15) is 0 Å². The highest BCUT2D eigenvalue weighted by atomic mass is 16.5. The zero-order chi connectivity index (χ0) is 15.8. The van der Waals surface area contributed by atoms with Crippen molar-refractivity contribution in [2.45, 2.75) is 64.0 Å². The first kappa shape index (κ1) is 16.8. The number of hydrogen-bond acceptors (Lipinski definition) is 3. The van der Waals surface area contributed by atoms with Crippen LogP contribution in [0.15, 0.2) is 24.3 Å². The highest BCUT2D eigenvalue weighted by Gasteiger charge is 2.30. The van der Waals surface area contributed by atoms with Crippen LogP contribution in [-0.4, -0.2) is 29.8 Å². The van der Waals surface area contributed by atoms with E-state index in [4.69, 9.17) is 9.84 Å². The van der Waals surface area contributed by atoms with Gasteiger partial charge in [-0.25, -0.2) is 0 Å². The van der Waals surface area contributed by atoms with Gasteiger partial charge < -0.3 is 15.2 Å². The van der Waals surface area contributed by atoms with E-state index in [1.807, 2.05) is 12.1 Å². The van der Waals surface area contributed by atoms with E-state index >= 15 is 0 Å². The summed E-state index contributed by atoms with van der Waals surface area (Å²) in [5.74, 6) is 0.0251. The summed E-state index contributed by atoms with van der Waals surface area (Å²) in [6.45, 7) is 2.83. The fourth-order valence-electron chi connectivity index (χ4n) is 2.84. The predicted molar refractivity (Wildman–Crippen MR) is 87.4 cm³/mol. The van der Waals surface area contributed by atoms with Crippen molar-refractivity contribution in [2.75, 3.05) is 6.54 Å². The second-order valence-electron chi connectivity index (χ2n) is 6.08. The first-order chi connectivity index (χ1) is 10.7. The largest absolute Gasteiger partial charge is 0.489 e. The van der Waals surface area contributed by atoms with Gasteiger partial charge in [-0.05, 0) is 30.5 Å². The van der Waals surface area contributed by atoms with Gasteiger partial charge in [0.2, 0.25) is 0 Å². The van der Waals surface area contributed by atoms with Crippen LogP contribution >= 0.6 is 0 Å². The Kier molecular flexibility index (Phi) is 6.72. The minimum absolute atomic E-state index is 0.0546. The maximum Gasteiger partial charge on any atom is 0.320 e. The van der Waals surface area contributed by atoms with Crippen LogP contribution in [0, 0.1) is 0 Å². The molecule has 1 heterocycles. The second kappa shape index (κ2) is 8.79. The van der Waals surface area contributed by atoms with E-state index in [0.717, 1.165) is 12.2 Å². The summed E-state index contributed by atoms with van der Waals surface area (Å²) in [7, 11) is 0. The lowest BCUT2D eigenvalue weighted by molar-refractivity contribution is -0.139. The first-order valence-electron chi connectivity index (χ1n) is 8.41. The smallest absolute Gasteiger partial charge is 0.320 e. The summed E-state index contributed by atoms with van der Waals surface area (Å²) in [6, 6.07) is 7.75. The molecule has 4 heteroatoms. The van der Waals surface area contributed by atoms with Gasteiger partial charge in [0.1, 0.15) is 17.9 Å². The van der Waals surface area contributed by atoms with Crippen LogP contribution < -0.4 is 10.1 Å². The van der Waals surface area contributed by atoms with Gasteiger partial charge in [-0.3, -0.25) is 4.79 Å². The van der Waals surface area contributed by atoms with Crippen molar-refractivity contribution in [1.82, 2.24) is 5.32 Å². The van der Waals surface area contributed by atoms with Gasteiger partial charge in [0.25, 0.3) is 0 Å². The van der Waals surface area contributed by atoms with Crippen LogP contribution in [0.2, 0.25) is 0 Å². The van der Waals surface area contributed by atoms with Gasteiger partial charge >= 0.3 is 5.97 Å². The number of carboxylic acids is 1. The standard InChI is InChI=1S/C18H27NO3/c1-2-3-4-5-6-7-14-8-10-15(11-9-14)22-16-12-17(18(20)21)19-13-16/h8-11,16-17,19H,2-7,12-13H2,1H3,(H,20,21)/t16-,17-/m0/s1. The molecule has 2 N–H and O–H groups in total. The molecule has 2 atom stereocenters. The average molecular weight is 305 g/mol. The third kappa shape index (κ3) is 5.34. The van der Waals surface area contributed by atoms with E-state index < -0.39 is 12.0 Å². The number of aliphatic carboxylic acids is 1. The molecule has 2 rings (SSSR count). The molecule has 0 amide bonds. The SMILES string of the molecule is CCCCCCCc1ccc(O[C@@H]2CN[C@H](C(=O)O)C2)cc1. The highest BCUT2D eigenvalue weighted by Crippen LogP contribution is 2.19. The van der Waals surface area contributed by atoms with Crippen molar-refractivity contribution >= 4 is 5.97 Å². The Balaban J connectivity index is 1.72. The average Bonchev–Trinajstić information content (AvgIpc) is 2.97. The van der Waals surface area contributed by atoms with Gasteiger partial charge in [-0.1, -0.05) is 44.7 Å². The zero-order valence-electron chi connectivity index (χ0n) is 13.4. The zero-order valence-corrected chi connectivity index (χ0v) is 13.4. The Labute approximate surface area is 132 Å². The topological polar surface area (TPSA) is 58.6 Å². The number of nitrogens with one attached hydrogen (secondary N) is 1. The third-order valence-electron chi connectivity index (χ3n) is 4.18. The van der Waals surface area contributed by atoms with Crippen LogP contribution in [0.25, 0.3) is 0 Å². The molecule has 1 aliphatic heterocycles. The van der Waals surface area contributed by atoms with E-state index in [9.17, 15) is 4.79 Å². The third-order valence-corrected chi connectivity index (χ3v) is 4.18. The predicted octanol–water partition coefficient (Wildman–Crippen LogP) is 3.39. The van der Waals surface area contributed by atoms with Gasteiger partial charge in [-0.15, -0.1) is 0 Å². The monoisotopic (exact) mass is 305 g/mol. The maximum atomic E-state index is 10.9. The van der Waals surface area contributed by atoms with E-state index in [-0.39, 0.29) is 6.10 Å². The molecule has 0 aliphatic carbocycles. The van der Waals surface area contributed by atoms with Crippen LogP contribution in [-0.2, 0) is 11.2 Å². The summed E-state index contributed by atoms with van der Waals surface area (Å²) in [5.41, 5.74) is 1.34. The number of aryl methyl sites for hydroxylation is 1. The number of carboxylic acid groups (broad SMARTS) is 1. The van der Waals surface area contributed by atoms with E-state index in [0.29, 0.717) is 13.0 Å². The highest BCUT2D eigenvalue weighted by molar-refractivity contribution is 5.73. The van der Waals surface area contributed by atoms with Crippen molar-refractivity contribution in [3.05, 3.63) is 29.8 Å². The molecule has 1 aliphatic rings. The summed E-state index contributed by atoms with van der Waals surface area (Å²) in [5, 5.41) is 11.9. The molecule has 0 bridgehead atoms. The summed E-state index contributed by atoms with van der Waals surface area (Å²) >= 11 is 0. The minimum Gasteiger partial charge on any atom is -0.489 e. The van der Waals surface area contributed by atoms with Crippen LogP contribution in [0.3, 0.4) is 0 Å². The molecule has 0 aromatic heterocycles. The van der Waals surface area contributed by atoms with Crippen molar-refractivity contribution < 1.29 is 14.6 Å². The number of carbonyl (C=O) groups is 1. The quantitative estimate of drug-likeness (QED) is 0.687. The molecule has 122 valence electrons. The summed E-state index contributed by atoms with van der Waals surface area (Å²) in [6.07, 6.45) is 8.08. The molecule has 1 fully saturated rings. The van der Waals surface area contributed by atoms with E-state index in [1.165, 1.54) is 37.7 Å². The van der Waals surface area contributed by atoms with E-state index in [1.54, 1.807) is 0 Å². The molecule has 0 radical (unpaired) electrons. The van der Waals surface area contributed by atoms with Crippen LogP contribution in [0.5, 0.6) is 5.75 Å². The Hall–Kier alpha value is -1.55. The lowest BCUT2D eigenvalue weighted by atomic mass is 10.1. The summed E-state index contributed by atoms with van der Waals surface area (Å²) in [4.78, 5) is 10.9. The van der Waals surface area contributed by atoms with E-state index in [2.05, 4.69) is 24.4 Å². The van der Waals surface area contributed by atoms with Crippen molar-refractivity contribution in [3.8, 4) is 5.75 Å². The lowest BCUT2D eigenvalue weighted by Crippen LogP contribution is -2.30. The molecule has 0 spiro atoms. The number of ether oxygens (including phenoxy) is 1. The first-order valence-corrected chi connectivity index (χ1v) is 8.41. The number of hydrogen-bond donors (Lipinski definition) is 2. The molecule has 0 saturated carbocycles. The Morgan fingerprint density at radius 2 is 1.95 bits per heavy atom. The molecule has 0 unspecified atom stereocenters. The molecular formula is C18H27NO3. The van der Waals surface area contributed by atoms with Gasteiger partial charge in [0, 0.05) is 13.0 Å². The molecule has 4 nitrogen and oxygen atoms in total. The fourth-order valence-corrected chi connectivity index (χ4v) is 2.84. The lowest BCUT2D eigenvalue weighted by Gasteiger charge is -2.13. The van der Waals surface area contributed by atoms with Gasteiger partial charge in [0.15, 0.2) is 0 Å². The minimum atomic E-state index is -0.801. The normalized spacial score (nSPS) is 21.0. The number of unbranched alkanes of at least 4 members (excludes halogenated alkanes) is 4. The van der Waals surface area contributed by atoms with Crippen molar-refractivity contribution in [1.29, 1.82) is 0 Å². The fraction of sp³-hybridized carbons (Fsp3) is 0.611. The number of benzene rings is 1. The number of rotatable bonds is 9.